The van der Waals surface area contributed by atoms with Gasteiger partial charge in [-0.05, 0) is 50.0 Å². The minimum Gasteiger partial charge on any atom is -0.265 e. The van der Waals surface area contributed by atoms with Crippen LogP contribution in [0.2, 0.25) is 0 Å². The van der Waals surface area contributed by atoms with Gasteiger partial charge in [0.2, 0.25) is 0 Å². The predicted octanol–water partition coefficient (Wildman–Crippen LogP) is 4.62. The molecule has 0 fully saturated rings. The van der Waals surface area contributed by atoms with Gasteiger partial charge in [0.05, 0.1) is 0 Å². The van der Waals surface area contributed by atoms with Crippen LogP contribution >= 0.6 is 0 Å². The van der Waals surface area contributed by atoms with Crippen molar-refractivity contribution in [1.82, 2.24) is 4.98 Å². The van der Waals surface area contributed by atoms with Crippen molar-refractivity contribution in [1.29, 1.82) is 0 Å². The van der Waals surface area contributed by atoms with Crippen LogP contribution in [0.4, 0.5) is 0 Å². The Kier molecular flexibility index (Phi) is 5.55. The van der Waals surface area contributed by atoms with Crippen molar-refractivity contribution in [2.45, 2.75) is 40.0 Å². The molecule has 0 unspecified atom stereocenters. The lowest BCUT2D eigenvalue weighted by Crippen LogP contribution is -1.87. The van der Waals surface area contributed by atoms with E-state index in [1.807, 2.05) is 12.4 Å². The first-order valence-electron chi connectivity index (χ1n) is 6.01. The molecule has 1 rings (SSSR count). The molecule has 86 valence electrons. The molecule has 0 saturated heterocycles. The smallest absolute Gasteiger partial charge is 0.0273 e. The van der Waals surface area contributed by atoms with Crippen LogP contribution in [0.1, 0.15) is 45.6 Å². The molecule has 1 heterocycles. The second kappa shape index (κ2) is 7.00. The van der Waals surface area contributed by atoms with Crippen LogP contribution < -0.4 is 0 Å². The SMILES string of the molecule is C/C=C(C)\C=C(/CCCC)c1ccncc1. The van der Waals surface area contributed by atoms with E-state index in [-0.39, 0.29) is 0 Å². The summed E-state index contributed by atoms with van der Waals surface area (Å²) in [5.41, 5.74) is 4.03. The van der Waals surface area contributed by atoms with Crippen molar-refractivity contribution >= 4 is 5.57 Å². The summed E-state index contributed by atoms with van der Waals surface area (Å²) in [4.78, 5) is 4.07. The highest BCUT2D eigenvalue weighted by Crippen LogP contribution is 2.21. The molecule has 0 aromatic carbocycles. The Morgan fingerprint density at radius 2 is 2.00 bits per heavy atom. The fourth-order valence-corrected chi connectivity index (χ4v) is 1.59. The summed E-state index contributed by atoms with van der Waals surface area (Å²) < 4.78 is 0. The van der Waals surface area contributed by atoms with E-state index < -0.39 is 0 Å². The first kappa shape index (κ1) is 12.7. The van der Waals surface area contributed by atoms with Crippen LogP contribution in [-0.2, 0) is 0 Å². The van der Waals surface area contributed by atoms with Crippen molar-refractivity contribution in [2.24, 2.45) is 0 Å². The fourth-order valence-electron chi connectivity index (χ4n) is 1.59. The normalized spacial score (nSPS) is 12.9. The molecule has 0 aliphatic heterocycles. The van der Waals surface area contributed by atoms with E-state index in [2.05, 4.69) is 50.0 Å². The van der Waals surface area contributed by atoms with Crippen LogP contribution in [0.15, 0.2) is 42.3 Å². The number of hydrogen-bond acceptors (Lipinski definition) is 1. The van der Waals surface area contributed by atoms with Gasteiger partial charge in [-0.2, -0.15) is 0 Å². The number of nitrogens with zero attached hydrogens (tertiary/aromatic N) is 1. The molecule has 0 radical (unpaired) electrons. The lowest BCUT2D eigenvalue weighted by molar-refractivity contribution is 0.824. The summed E-state index contributed by atoms with van der Waals surface area (Å²) in [5.74, 6) is 0. The zero-order valence-electron chi connectivity index (χ0n) is 10.5. The molecule has 16 heavy (non-hydrogen) atoms. The average molecular weight is 215 g/mol. The number of rotatable bonds is 5. The van der Waals surface area contributed by atoms with Gasteiger partial charge in [-0.25, -0.2) is 0 Å². The predicted molar refractivity (Wildman–Crippen MR) is 71.2 cm³/mol. The molecule has 0 aliphatic carbocycles. The average Bonchev–Trinajstić information content (AvgIpc) is 2.35. The monoisotopic (exact) mass is 215 g/mol. The largest absolute Gasteiger partial charge is 0.265 e. The molecule has 1 aromatic rings. The van der Waals surface area contributed by atoms with Crippen LogP contribution in [0.3, 0.4) is 0 Å². The molecule has 0 atom stereocenters. The van der Waals surface area contributed by atoms with E-state index in [0.717, 1.165) is 6.42 Å². The van der Waals surface area contributed by atoms with Gasteiger partial charge in [0.25, 0.3) is 0 Å². The zero-order valence-corrected chi connectivity index (χ0v) is 10.5. The molecule has 0 amide bonds. The third-order valence-corrected chi connectivity index (χ3v) is 2.71. The standard InChI is InChI=1S/C15H21N/c1-4-6-7-15(12-13(3)5-2)14-8-10-16-11-9-14/h5,8-12H,4,6-7H2,1-3H3/b13-5-,15-12+. The maximum atomic E-state index is 4.07. The molecular formula is C15H21N. The molecule has 0 spiro atoms. The maximum absolute atomic E-state index is 4.07. The number of pyridine rings is 1. The summed E-state index contributed by atoms with van der Waals surface area (Å²) >= 11 is 0. The van der Waals surface area contributed by atoms with Gasteiger partial charge in [0.1, 0.15) is 0 Å². The Morgan fingerprint density at radius 3 is 2.56 bits per heavy atom. The number of aromatic nitrogens is 1. The van der Waals surface area contributed by atoms with Gasteiger partial charge in [0, 0.05) is 12.4 Å². The van der Waals surface area contributed by atoms with E-state index >= 15 is 0 Å². The molecule has 0 aliphatic rings. The van der Waals surface area contributed by atoms with Gasteiger partial charge in [-0.15, -0.1) is 0 Å². The highest BCUT2D eigenvalue weighted by Gasteiger charge is 2.00. The Hall–Kier alpha value is -1.37. The first-order valence-corrected chi connectivity index (χ1v) is 6.01. The number of allylic oxidation sites excluding steroid dienone is 4. The lowest BCUT2D eigenvalue weighted by Gasteiger charge is -2.07. The quantitative estimate of drug-likeness (QED) is 0.653. The molecule has 0 N–H and O–H groups in total. The first-order chi connectivity index (χ1) is 7.77. The zero-order chi connectivity index (χ0) is 11.8. The van der Waals surface area contributed by atoms with Crippen LogP contribution in [0.25, 0.3) is 5.57 Å². The van der Waals surface area contributed by atoms with Gasteiger partial charge in [-0.3, -0.25) is 4.98 Å². The highest BCUT2D eigenvalue weighted by atomic mass is 14.6. The minimum atomic E-state index is 1.14. The number of hydrogen-bond donors (Lipinski definition) is 0. The van der Waals surface area contributed by atoms with Crippen molar-refractivity contribution in [3.63, 3.8) is 0 Å². The third-order valence-electron chi connectivity index (χ3n) is 2.71. The molecule has 0 bridgehead atoms. The van der Waals surface area contributed by atoms with Crippen LogP contribution in [-0.4, -0.2) is 4.98 Å². The fraction of sp³-hybridized carbons (Fsp3) is 0.400. The minimum absolute atomic E-state index is 1.14. The van der Waals surface area contributed by atoms with Crippen LogP contribution in [0, 0.1) is 0 Å². The van der Waals surface area contributed by atoms with Crippen molar-refractivity contribution < 1.29 is 0 Å². The van der Waals surface area contributed by atoms with E-state index in [9.17, 15) is 0 Å². The third kappa shape index (κ3) is 4.01. The maximum Gasteiger partial charge on any atom is 0.0273 e. The molecular weight excluding hydrogens is 194 g/mol. The van der Waals surface area contributed by atoms with Gasteiger partial charge in [0.15, 0.2) is 0 Å². The Labute approximate surface area is 98.9 Å². The highest BCUT2D eigenvalue weighted by molar-refractivity contribution is 5.67. The molecule has 1 nitrogen and oxygen atoms in total. The van der Waals surface area contributed by atoms with Gasteiger partial charge in [-0.1, -0.05) is 31.1 Å². The Balaban J connectivity index is 2.92. The summed E-state index contributed by atoms with van der Waals surface area (Å²) in [6.45, 7) is 6.45. The van der Waals surface area contributed by atoms with Crippen molar-refractivity contribution in [3.8, 4) is 0 Å². The van der Waals surface area contributed by atoms with Gasteiger partial charge < -0.3 is 0 Å². The van der Waals surface area contributed by atoms with E-state index in [1.165, 1.54) is 29.6 Å². The molecule has 0 saturated carbocycles. The second-order valence-corrected chi connectivity index (χ2v) is 4.04. The summed E-state index contributed by atoms with van der Waals surface area (Å²) in [6, 6.07) is 4.18. The number of unbranched alkanes of at least 4 members (excludes halogenated alkanes) is 1. The topological polar surface area (TPSA) is 12.9 Å². The summed E-state index contributed by atoms with van der Waals surface area (Å²) in [7, 11) is 0. The van der Waals surface area contributed by atoms with Crippen molar-refractivity contribution in [2.75, 3.05) is 0 Å². The molecule has 1 aromatic heterocycles. The molecule has 1 heteroatoms. The summed E-state index contributed by atoms with van der Waals surface area (Å²) in [5, 5.41) is 0. The van der Waals surface area contributed by atoms with Gasteiger partial charge >= 0.3 is 0 Å². The summed E-state index contributed by atoms with van der Waals surface area (Å²) in [6.07, 6.45) is 11.8. The Bertz CT molecular complexity index is 360. The van der Waals surface area contributed by atoms with E-state index in [1.54, 1.807) is 0 Å². The Morgan fingerprint density at radius 1 is 1.31 bits per heavy atom. The van der Waals surface area contributed by atoms with E-state index in [0.29, 0.717) is 0 Å². The van der Waals surface area contributed by atoms with Crippen molar-refractivity contribution in [3.05, 3.63) is 47.8 Å². The van der Waals surface area contributed by atoms with E-state index in [4.69, 9.17) is 0 Å². The second-order valence-electron chi connectivity index (χ2n) is 4.04. The van der Waals surface area contributed by atoms with Crippen LogP contribution in [0.5, 0.6) is 0 Å². The lowest BCUT2D eigenvalue weighted by atomic mass is 9.99.